The third-order valence-corrected chi connectivity index (χ3v) is 8.24. The summed E-state index contributed by atoms with van der Waals surface area (Å²) in [6.07, 6.45) is -0.748. The summed E-state index contributed by atoms with van der Waals surface area (Å²) < 4.78 is 0. The number of halogens is 1. The third kappa shape index (κ3) is 4.22. The number of alkyl halides is 1. The van der Waals surface area contributed by atoms with Crippen LogP contribution in [0.15, 0.2) is 23.0 Å². The van der Waals surface area contributed by atoms with Crippen molar-refractivity contribution in [3.8, 4) is 5.75 Å². The second-order valence-corrected chi connectivity index (χ2v) is 11.0. The van der Waals surface area contributed by atoms with Gasteiger partial charge < -0.3 is 41.5 Å². The molecule has 3 aliphatic rings. The second-order valence-electron chi connectivity index (χ2n) is 10.7. The van der Waals surface area contributed by atoms with Gasteiger partial charge in [-0.3, -0.25) is 19.3 Å². The van der Waals surface area contributed by atoms with E-state index in [2.05, 4.69) is 5.32 Å². The van der Waals surface area contributed by atoms with Gasteiger partial charge in [-0.2, -0.15) is 0 Å². The van der Waals surface area contributed by atoms with Crippen LogP contribution in [-0.4, -0.2) is 106 Å². The number of hydrogen-bond donors (Lipinski definition) is 7. The molecule has 13 heteroatoms. The summed E-state index contributed by atoms with van der Waals surface area (Å²) in [5.74, 6) is -7.16. The first kappa shape index (κ1) is 28.7. The number of fused-ring (bicyclic) bond motifs is 3. The summed E-state index contributed by atoms with van der Waals surface area (Å²) in [6.45, 7) is -0.00243. The van der Waals surface area contributed by atoms with Crippen LogP contribution in [0.2, 0.25) is 0 Å². The standard InChI is InChI=1S/C26H33ClN4O8/c1-30(2)15-7-14(29-9-11(32)8-27)20(33)17-12(15)5-10-6-13-19(31(3)4)22(35)18(25(28)38)24(37)26(13,39)23(36)16(10)21(17)34/h7,10-11,13,19,29,32-34,37,39H,5-6,8-9H2,1-4H3,(H2,28,38). The van der Waals surface area contributed by atoms with Gasteiger partial charge in [0.15, 0.2) is 11.4 Å². The highest BCUT2D eigenvalue weighted by molar-refractivity contribution is 6.24. The van der Waals surface area contributed by atoms with E-state index in [0.717, 1.165) is 0 Å². The molecule has 1 amide bonds. The fourth-order valence-electron chi connectivity index (χ4n) is 6.11. The molecule has 0 spiro atoms. The van der Waals surface area contributed by atoms with Gasteiger partial charge in [0.25, 0.3) is 5.91 Å². The summed E-state index contributed by atoms with van der Waals surface area (Å²) >= 11 is 5.67. The number of aliphatic hydroxyl groups excluding tert-OH is 3. The van der Waals surface area contributed by atoms with E-state index in [1.165, 1.54) is 4.90 Å². The Balaban J connectivity index is 1.94. The predicted octanol–water partition coefficient (Wildman–Crippen LogP) is 0.0416. The third-order valence-electron chi connectivity index (χ3n) is 7.89. The number of nitrogens with one attached hydrogen (secondary N) is 1. The largest absolute Gasteiger partial charge is 0.508 e. The van der Waals surface area contributed by atoms with Gasteiger partial charge >= 0.3 is 0 Å². The maximum absolute atomic E-state index is 14.0. The van der Waals surface area contributed by atoms with Crippen molar-refractivity contribution in [1.82, 2.24) is 4.90 Å². The molecule has 3 aliphatic carbocycles. The molecule has 1 fully saturated rings. The number of aliphatic hydroxyl groups is 4. The number of primary amides is 1. The highest BCUT2D eigenvalue weighted by Crippen LogP contribution is 2.54. The summed E-state index contributed by atoms with van der Waals surface area (Å²) in [7, 11) is 6.62. The minimum atomic E-state index is -2.70. The van der Waals surface area contributed by atoms with Crippen LogP contribution >= 0.6 is 11.6 Å². The van der Waals surface area contributed by atoms with Gasteiger partial charge in [-0.15, -0.1) is 11.6 Å². The van der Waals surface area contributed by atoms with E-state index in [1.54, 1.807) is 39.2 Å². The number of amides is 1. The Labute approximate surface area is 230 Å². The summed E-state index contributed by atoms with van der Waals surface area (Å²) in [4.78, 5) is 42.5. The van der Waals surface area contributed by atoms with E-state index >= 15 is 0 Å². The second kappa shape index (κ2) is 10.0. The number of rotatable bonds is 7. The quantitative estimate of drug-likeness (QED) is 0.134. The lowest BCUT2D eigenvalue weighted by Gasteiger charge is -2.50. The number of hydrogen-bond acceptors (Lipinski definition) is 11. The van der Waals surface area contributed by atoms with Crippen molar-refractivity contribution >= 4 is 46.2 Å². The Bertz CT molecular complexity index is 1320. The maximum Gasteiger partial charge on any atom is 0.255 e. The van der Waals surface area contributed by atoms with Crippen LogP contribution in [0.4, 0.5) is 11.4 Å². The first-order chi connectivity index (χ1) is 18.2. The van der Waals surface area contributed by atoms with Crippen LogP contribution in [0.3, 0.4) is 0 Å². The molecule has 0 heterocycles. The molecule has 39 heavy (non-hydrogen) atoms. The maximum atomic E-state index is 14.0. The van der Waals surface area contributed by atoms with Gasteiger partial charge in [0.05, 0.1) is 29.3 Å². The van der Waals surface area contributed by atoms with E-state index in [4.69, 9.17) is 17.3 Å². The molecule has 4 rings (SSSR count). The zero-order valence-corrected chi connectivity index (χ0v) is 22.8. The number of anilines is 2. The molecule has 0 aromatic heterocycles. The number of aromatic hydroxyl groups is 1. The molecule has 1 aromatic carbocycles. The van der Waals surface area contributed by atoms with E-state index in [1.807, 2.05) is 0 Å². The molecule has 0 bridgehead atoms. The number of phenolic OH excluding ortho intramolecular Hbond substituents is 1. The molecule has 5 unspecified atom stereocenters. The number of likely N-dealkylation sites (N-methyl/N-ethyl adjacent to an activating group) is 1. The summed E-state index contributed by atoms with van der Waals surface area (Å²) in [6, 6.07) is 0.499. The minimum absolute atomic E-state index is 0.00130. The van der Waals surface area contributed by atoms with E-state index < -0.39 is 64.1 Å². The summed E-state index contributed by atoms with van der Waals surface area (Å²) in [5, 5.41) is 58.0. The molecule has 0 saturated heterocycles. The van der Waals surface area contributed by atoms with Crippen molar-refractivity contribution in [2.75, 3.05) is 50.8 Å². The molecule has 0 aliphatic heterocycles. The van der Waals surface area contributed by atoms with Gasteiger partial charge in [-0.05, 0) is 44.5 Å². The zero-order chi connectivity index (χ0) is 29.1. The van der Waals surface area contributed by atoms with E-state index in [9.17, 15) is 39.9 Å². The van der Waals surface area contributed by atoms with Crippen LogP contribution in [0.25, 0.3) is 5.76 Å². The van der Waals surface area contributed by atoms with Crippen LogP contribution in [0.1, 0.15) is 17.5 Å². The predicted molar refractivity (Wildman–Crippen MR) is 144 cm³/mol. The Hall–Kier alpha value is -3.32. The van der Waals surface area contributed by atoms with Crippen molar-refractivity contribution in [3.63, 3.8) is 0 Å². The van der Waals surface area contributed by atoms with Crippen molar-refractivity contribution in [2.24, 2.45) is 17.6 Å². The monoisotopic (exact) mass is 564 g/mol. The molecule has 212 valence electrons. The molecular formula is C26H33ClN4O8. The number of carbonyl (C=O) groups is 3. The zero-order valence-electron chi connectivity index (χ0n) is 22.0. The fraction of sp³-hybridized carbons (Fsp3) is 0.500. The van der Waals surface area contributed by atoms with Crippen molar-refractivity contribution < 1.29 is 39.9 Å². The van der Waals surface area contributed by atoms with Gasteiger partial charge in [-0.1, -0.05) is 0 Å². The van der Waals surface area contributed by atoms with Crippen molar-refractivity contribution in [1.29, 1.82) is 0 Å². The Kier molecular flexibility index (Phi) is 7.36. The van der Waals surface area contributed by atoms with Crippen LogP contribution < -0.4 is 16.0 Å². The topological polar surface area (TPSA) is 197 Å². The van der Waals surface area contributed by atoms with Gasteiger partial charge in [0, 0.05) is 37.8 Å². The van der Waals surface area contributed by atoms with Crippen molar-refractivity contribution in [3.05, 3.63) is 34.1 Å². The Morgan fingerprint density at radius 3 is 2.41 bits per heavy atom. The van der Waals surface area contributed by atoms with Gasteiger partial charge in [0.2, 0.25) is 5.78 Å². The van der Waals surface area contributed by atoms with Crippen LogP contribution in [0, 0.1) is 11.8 Å². The lowest BCUT2D eigenvalue weighted by Crippen LogP contribution is -2.65. The molecule has 8 N–H and O–H groups in total. The number of ketones is 2. The van der Waals surface area contributed by atoms with Gasteiger partial charge in [0.1, 0.15) is 22.8 Å². The SMILES string of the molecule is CN(C)c1cc(NCC(O)CCl)c(O)c2c1CC1CC3C(N(C)C)C(=O)C(C(N)=O)=C(O)C3(O)C(=O)C1=C2O. The highest BCUT2D eigenvalue weighted by Gasteiger charge is 2.64. The normalized spacial score (nSPS) is 27.2. The lowest BCUT2D eigenvalue weighted by molar-refractivity contribution is -0.153. The number of benzene rings is 1. The average Bonchev–Trinajstić information content (AvgIpc) is 2.84. The fourth-order valence-corrected chi connectivity index (χ4v) is 6.22. The van der Waals surface area contributed by atoms with E-state index in [-0.39, 0.29) is 47.8 Å². The number of nitrogens with zero attached hydrogens (tertiary/aromatic N) is 2. The lowest BCUT2D eigenvalue weighted by atomic mass is 9.57. The Morgan fingerprint density at radius 2 is 1.87 bits per heavy atom. The number of nitrogens with two attached hydrogens (primary N) is 1. The number of phenols is 1. The Morgan fingerprint density at radius 1 is 1.23 bits per heavy atom. The smallest absolute Gasteiger partial charge is 0.255 e. The van der Waals surface area contributed by atoms with Gasteiger partial charge in [-0.25, -0.2) is 0 Å². The number of Topliss-reactive ketones (excluding diaryl/α,β-unsaturated/α-hetero) is 2. The minimum Gasteiger partial charge on any atom is -0.508 e. The van der Waals surface area contributed by atoms with Crippen molar-refractivity contribution in [2.45, 2.75) is 30.6 Å². The molecular weight excluding hydrogens is 532 g/mol. The molecule has 5 atom stereocenters. The summed E-state index contributed by atoms with van der Waals surface area (Å²) in [5.41, 5.74) is 2.83. The van der Waals surface area contributed by atoms with Crippen LogP contribution in [-0.2, 0) is 20.8 Å². The first-order valence-corrected chi connectivity index (χ1v) is 12.9. The first-order valence-electron chi connectivity index (χ1n) is 12.4. The molecule has 1 saturated carbocycles. The molecule has 1 aromatic rings. The highest BCUT2D eigenvalue weighted by atomic mass is 35.5. The molecule has 12 nitrogen and oxygen atoms in total. The number of carbonyl (C=O) groups excluding carboxylic acids is 3. The molecule has 0 radical (unpaired) electrons. The van der Waals surface area contributed by atoms with E-state index in [0.29, 0.717) is 11.3 Å². The van der Waals surface area contributed by atoms with Crippen LogP contribution in [0.5, 0.6) is 5.75 Å². The average molecular weight is 565 g/mol.